The second-order valence-electron chi connectivity index (χ2n) is 14.6. The molecule has 52 heavy (non-hydrogen) atoms. The molecule has 252 valence electrons. The van der Waals surface area contributed by atoms with Gasteiger partial charge in [-0.15, -0.1) is 0 Å². The van der Waals surface area contributed by atoms with Crippen LogP contribution in [-0.2, 0) is 5.41 Å². The van der Waals surface area contributed by atoms with Gasteiger partial charge in [-0.25, -0.2) is 0 Å². The third-order valence-electron chi connectivity index (χ3n) is 11.8. The quantitative estimate of drug-likeness (QED) is 0.160. The Labute approximate surface area is 305 Å². The monoisotopic (exact) mass is 672 g/mol. The highest BCUT2D eigenvalue weighted by Crippen LogP contribution is 2.60. The van der Waals surface area contributed by atoms with Crippen molar-refractivity contribution in [1.82, 2.24) is 0 Å². The van der Waals surface area contributed by atoms with Crippen LogP contribution in [0.4, 0.5) is 34.1 Å². The number of rotatable bonds is 8. The van der Waals surface area contributed by atoms with E-state index in [-0.39, 0.29) is 5.41 Å². The van der Waals surface area contributed by atoms with Crippen LogP contribution in [0.25, 0.3) is 21.9 Å². The minimum Gasteiger partial charge on any atom is -0.456 e. The minimum atomic E-state index is 0.00899. The average molecular weight is 673 g/mol. The van der Waals surface area contributed by atoms with E-state index in [0.717, 1.165) is 56.3 Å². The van der Waals surface area contributed by atoms with Gasteiger partial charge in [-0.1, -0.05) is 103 Å². The van der Waals surface area contributed by atoms with Crippen LogP contribution in [0.5, 0.6) is 0 Å². The Kier molecular flexibility index (Phi) is 7.46. The lowest BCUT2D eigenvalue weighted by Gasteiger charge is -2.40. The van der Waals surface area contributed by atoms with E-state index in [2.05, 4.69) is 180 Å². The van der Waals surface area contributed by atoms with Gasteiger partial charge < -0.3 is 14.2 Å². The lowest BCUT2D eigenvalue weighted by atomic mass is 9.64. The highest BCUT2D eigenvalue weighted by Gasteiger charge is 2.52. The number of nitrogens with zero attached hydrogens (tertiary/aromatic N) is 2. The van der Waals surface area contributed by atoms with Gasteiger partial charge in [-0.2, -0.15) is 0 Å². The van der Waals surface area contributed by atoms with E-state index < -0.39 is 0 Å². The molecule has 1 aromatic heterocycles. The van der Waals surface area contributed by atoms with Crippen molar-refractivity contribution < 1.29 is 4.42 Å². The van der Waals surface area contributed by atoms with Crippen molar-refractivity contribution in [3.05, 3.63) is 193 Å². The van der Waals surface area contributed by atoms with Crippen LogP contribution in [0.3, 0.4) is 0 Å². The zero-order chi connectivity index (χ0) is 34.5. The van der Waals surface area contributed by atoms with Crippen LogP contribution in [0.15, 0.2) is 186 Å². The molecule has 8 aromatic rings. The van der Waals surface area contributed by atoms with Gasteiger partial charge in [0.2, 0.25) is 0 Å². The maximum Gasteiger partial charge on any atom is 0.137 e. The van der Waals surface area contributed by atoms with Crippen LogP contribution >= 0.6 is 0 Å². The molecule has 0 saturated heterocycles. The van der Waals surface area contributed by atoms with Crippen molar-refractivity contribution in [2.75, 3.05) is 9.80 Å². The number of anilines is 6. The topological polar surface area (TPSA) is 19.6 Å². The SMILES string of the molecule is c1ccc(N(c2ccccc2)c2ccc(C3(c4ccc(N(c5ccccc5)c5ccc6c(c5)oc5ccccc56)cc4)CC4CCC3C4)cc2)cc1. The summed E-state index contributed by atoms with van der Waals surface area (Å²) in [6, 6.07) is 65.9. The first-order chi connectivity index (χ1) is 25.7. The first-order valence-electron chi connectivity index (χ1n) is 18.6. The Morgan fingerprint density at radius 1 is 0.423 bits per heavy atom. The molecule has 0 radical (unpaired) electrons. The fraction of sp³-hybridized carbons (Fsp3) is 0.143. The molecule has 3 nitrogen and oxygen atoms in total. The number of fused-ring (bicyclic) bond motifs is 5. The lowest BCUT2D eigenvalue weighted by Crippen LogP contribution is -2.34. The summed E-state index contributed by atoms with van der Waals surface area (Å²) in [7, 11) is 0. The van der Waals surface area contributed by atoms with Crippen molar-refractivity contribution >= 4 is 56.1 Å². The van der Waals surface area contributed by atoms with E-state index in [4.69, 9.17) is 4.42 Å². The smallest absolute Gasteiger partial charge is 0.137 e. The molecule has 2 aliphatic rings. The molecule has 10 rings (SSSR count). The zero-order valence-corrected chi connectivity index (χ0v) is 29.1. The molecule has 0 spiro atoms. The molecule has 0 aliphatic heterocycles. The predicted molar refractivity (Wildman–Crippen MR) is 216 cm³/mol. The summed E-state index contributed by atoms with van der Waals surface area (Å²) in [5, 5.41) is 2.29. The average Bonchev–Trinajstić information content (AvgIpc) is 3.94. The Morgan fingerprint density at radius 3 is 1.40 bits per heavy atom. The fourth-order valence-corrected chi connectivity index (χ4v) is 9.50. The minimum absolute atomic E-state index is 0.00899. The normalized spacial score (nSPS) is 19.3. The molecule has 1 heterocycles. The van der Waals surface area contributed by atoms with E-state index >= 15 is 0 Å². The van der Waals surface area contributed by atoms with E-state index in [0.29, 0.717) is 5.92 Å². The summed E-state index contributed by atoms with van der Waals surface area (Å²) in [6.07, 6.45) is 5.17. The second kappa shape index (κ2) is 12.6. The zero-order valence-electron chi connectivity index (χ0n) is 29.1. The summed E-state index contributed by atoms with van der Waals surface area (Å²) in [5.41, 5.74) is 11.5. The van der Waals surface area contributed by atoms with E-state index in [9.17, 15) is 0 Å². The van der Waals surface area contributed by atoms with Crippen molar-refractivity contribution in [3.8, 4) is 0 Å². The van der Waals surface area contributed by atoms with Gasteiger partial charge in [0, 0.05) is 56.4 Å². The molecule has 3 unspecified atom stereocenters. The number of hydrogen-bond acceptors (Lipinski definition) is 3. The highest BCUT2D eigenvalue weighted by molar-refractivity contribution is 6.06. The van der Waals surface area contributed by atoms with Gasteiger partial charge in [-0.3, -0.25) is 0 Å². The van der Waals surface area contributed by atoms with Crippen LogP contribution < -0.4 is 9.80 Å². The molecule has 2 bridgehead atoms. The summed E-state index contributed by atoms with van der Waals surface area (Å²) in [6.45, 7) is 0. The molecule has 7 aromatic carbocycles. The summed E-state index contributed by atoms with van der Waals surface area (Å²) in [5.74, 6) is 1.43. The van der Waals surface area contributed by atoms with E-state index in [1.165, 1.54) is 42.5 Å². The number of hydrogen-bond donors (Lipinski definition) is 0. The molecule has 3 heteroatoms. The molecule has 2 saturated carbocycles. The summed E-state index contributed by atoms with van der Waals surface area (Å²) >= 11 is 0. The maximum absolute atomic E-state index is 6.34. The van der Waals surface area contributed by atoms with Crippen molar-refractivity contribution in [2.45, 2.75) is 31.1 Å². The predicted octanol–water partition coefficient (Wildman–Crippen LogP) is 13.6. The van der Waals surface area contributed by atoms with Gasteiger partial charge in [0.15, 0.2) is 0 Å². The second-order valence-corrected chi connectivity index (χ2v) is 14.6. The molecule has 0 amide bonds. The third-order valence-corrected chi connectivity index (χ3v) is 11.8. The van der Waals surface area contributed by atoms with Gasteiger partial charge in [0.1, 0.15) is 11.2 Å². The Morgan fingerprint density at radius 2 is 0.885 bits per heavy atom. The Bertz CT molecular complexity index is 2430. The highest BCUT2D eigenvalue weighted by atomic mass is 16.3. The van der Waals surface area contributed by atoms with Crippen molar-refractivity contribution in [1.29, 1.82) is 0 Å². The molecular formula is C49H40N2O. The Hall–Kier alpha value is -6.06. The first-order valence-corrected chi connectivity index (χ1v) is 18.6. The largest absolute Gasteiger partial charge is 0.456 e. The standard InChI is InChI=1S/C49H40N2O/c1-4-12-39(13-5-1)50(40-14-6-2-7-15-40)42-26-22-36(23-27-42)49(34-35-20-21-38(49)32-35)37-24-28-43(29-25-37)51(41-16-8-3-9-17-41)44-30-31-46-45-18-10-11-19-47(45)52-48(46)33-44/h1-19,22-31,33,35,38H,20-21,32,34H2. The molecule has 2 fully saturated rings. The van der Waals surface area contributed by atoms with Crippen LogP contribution in [0.2, 0.25) is 0 Å². The Balaban J connectivity index is 1.04. The van der Waals surface area contributed by atoms with Crippen molar-refractivity contribution in [3.63, 3.8) is 0 Å². The van der Waals surface area contributed by atoms with Crippen LogP contribution in [0, 0.1) is 11.8 Å². The molecule has 2 aliphatic carbocycles. The maximum atomic E-state index is 6.34. The van der Waals surface area contributed by atoms with Gasteiger partial charge >= 0.3 is 0 Å². The first kappa shape index (κ1) is 30.7. The van der Waals surface area contributed by atoms with Crippen LogP contribution in [-0.4, -0.2) is 0 Å². The van der Waals surface area contributed by atoms with Crippen LogP contribution in [0.1, 0.15) is 36.8 Å². The van der Waals surface area contributed by atoms with E-state index in [1.807, 2.05) is 12.1 Å². The molecule has 3 atom stereocenters. The number of benzene rings is 7. The van der Waals surface area contributed by atoms with Gasteiger partial charge in [-0.05, 0) is 121 Å². The van der Waals surface area contributed by atoms with Gasteiger partial charge in [0.05, 0.1) is 0 Å². The van der Waals surface area contributed by atoms with Gasteiger partial charge in [0.25, 0.3) is 0 Å². The summed E-state index contributed by atoms with van der Waals surface area (Å²) in [4.78, 5) is 4.70. The molecule has 0 N–H and O–H groups in total. The van der Waals surface area contributed by atoms with E-state index in [1.54, 1.807) is 0 Å². The fourth-order valence-electron chi connectivity index (χ4n) is 9.50. The number of furan rings is 1. The molecular weight excluding hydrogens is 633 g/mol. The third kappa shape index (κ3) is 5.11. The lowest BCUT2D eigenvalue weighted by molar-refractivity contribution is 0.320. The summed E-state index contributed by atoms with van der Waals surface area (Å²) < 4.78 is 6.34. The number of para-hydroxylation sites is 4. The van der Waals surface area contributed by atoms with Crippen molar-refractivity contribution in [2.24, 2.45) is 11.8 Å².